The molecule has 2 heterocycles. The highest BCUT2D eigenvalue weighted by atomic mass is 32.1. The van der Waals surface area contributed by atoms with Gasteiger partial charge in [-0.15, -0.1) is 0 Å². The van der Waals surface area contributed by atoms with Gasteiger partial charge >= 0.3 is 0 Å². The molecule has 0 atom stereocenters. The third-order valence-corrected chi connectivity index (χ3v) is 9.20. The van der Waals surface area contributed by atoms with E-state index in [2.05, 4.69) is 44.7 Å². The summed E-state index contributed by atoms with van der Waals surface area (Å²) < 4.78 is 6.53. The van der Waals surface area contributed by atoms with E-state index in [4.69, 9.17) is 17.0 Å². The molecular weight excluding hydrogens is 591 g/mol. The number of carbonyl (C=O) groups is 2. The van der Waals surface area contributed by atoms with Gasteiger partial charge in [0.2, 0.25) is 0 Å². The molecule has 2 aliphatic rings. The number of fused-ring (bicyclic) bond motifs is 1. The average molecular weight is 642 g/mol. The van der Waals surface area contributed by atoms with Crippen LogP contribution in [0.15, 0.2) is 72.0 Å². The van der Waals surface area contributed by atoms with Crippen LogP contribution in [-0.2, 0) is 9.59 Å². The topological polar surface area (TPSA) is 53.1 Å². The van der Waals surface area contributed by atoms with Crippen LogP contribution in [0, 0.1) is 0 Å². The van der Waals surface area contributed by atoms with Gasteiger partial charge in [0, 0.05) is 43.5 Å². The van der Waals surface area contributed by atoms with Crippen molar-refractivity contribution in [2.45, 2.75) is 91.9 Å². The number of nitrogens with zero attached hydrogens (tertiary/aromatic N) is 3. The summed E-state index contributed by atoms with van der Waals surface area (Å²) in [6.45, 7) is 11.3. The molecule has 6 nitrogen and oxygen atoms in total. The van der Waals surface area contributed by atoms with Crippen molar-refractivity contribution in [2.24, 2.45) is 0 Å². The fraction of sp³-hybridized carbons (Fsp3) is 0.462. The summed E-state index contributed by atoms with van der Waals surface area (Å²) in [7, 11) is 0. The first-order valence-electron chi connectivity index (χ1n) is 17.4. The molecule has 0 aromatic heterocycles. The Morgan fingerprint density at radius 3 is 1.89 bits per heavy atom. The lowest BCUT2D eigenvalue weighted by Gasteiger charge is -2.37. The Hall–Kier alpha value is -3.71. The lowest BCUT2D eigenvalue weighted by molar-refractivity contribution is -0.134. The Labute approximate surface area is 281 Å². The molecule has 7 heteroatoms. The largest absolute Gasteiger partial charge is 0.456 e. The average Bonchev–Trinajstić information content (AvgIpc) is 3.07. The van der Waals surface area contributed by atoms with Gasteiger partial charge in [-0.3, -0.25) is 19.4 Å². The fourth-order valence-electron chi connectivity index (χ4n) is 6.03. The van der Waals surface area contributed by atoms with E-state index in [0.29, 0.717) is 24.0 Å². The normalized spacial score (nSPS) is 15.0. The standard InChI is InChI=1S/C39H51N3O3S/c1-5-9-11-13-18-26-41-37(43)36(38(44)42(39(41)46)27-19-14-12-10-6-2)35-28-31(23-22-30-20-16-15-17-21-30)33-25-24-32(29-34(33)45-35)40(7-3)8-4/h15-17,20-25,28-29H,5-14,18-19,26-27H2,1-4H3. The van der Waals surface area contributed by atoms with Gasteiger partial charge in [-0.1, -0.05) is 108 Å². The van der Waals surface area contributed by atoms with Crippen LogP contribution < -0.4 is 9.64 Å². The predicted molar refractivity (Wildman–Crippen MR) is 195 cm³/mol. The van der Waals surface area contributed by atoms with E-state index in [-0.39, 0.29) is 23.1 Å². The van der Waals surface area contributed by atoms with Crippen LogP contribution in [-0.4, -0.2) is 52.9 Å². The van der Waals surface area contributed by atoms with Gasteiger partial charge in [0.05, 0.1) is 0 Å². The number of carbonyl (C=O) groups excluding carboxylic acids is 2. The predicted octanol–water partition coefficient (Wildman–Crippen LogP) is 9.17. The minimum atomic E-state index is -0.367. The van der Waals surface area contributed by atoms with Gasteiger partial charge in [-0.05, 0) is 68.3 Å². The summed E-state index contributed by atoms with van der Waals surface area (Å²) in [4.78, 5) is 33.9. The van der Waals surface area contributed by atoms with Gasteiger partial charge in [0.25, 0.3) is 11.8 Å². The first kappa shape index (κ1) is 35.1. The Morgan fingerprint density at radius 1 is 0.739 bits per heavy atom. The third kappa shape index (κ3) is 8.75. The Morgan fingerprint density at radius 2 is 1.33 bits per heavy atom. The number of hydrogen-bond acceptors (Lipinski definition) is 5. The van der Waals surface area contributed by atoms with Crippen LogP contribution >= 0.6 is 12.2 Å². The number of ether oxygens (including phenoxy) is 1. The van der Waals surface area contributed by atoms with E-state index in [0.717, 1.165) is 86.8 Å². The van der Waals surface area contributed by atoms with E-state index < -0.39 is 0 Å². The minimum Gasteiger partial charge on any atom is -0.456 e. The van der Waals surface area contributed by atoms with Crippen LogP contribution in [0.5, 0.6) is 5.75 Å². The highest BCUT2D eigenvalue weighted by Crippen LogP contribution is 2.39. The van der Waals surface area contributed by atoms with Crippen LogP contribution in [0.3, 0.4) is 0 Å². The molecule has 0 radical (unpaired) electrons. The number of unbranched alkanes of at least 4 members (excludes halogenated alkanes) is 8. The number of allylic oxidation sites excluding steroid dienone is 3. The van der Waals surface area contributed by atoms with E-state index in [1.807, 2.05) is 54.6 Å². The number of rotatable bonds is 17. The maximum absolute atomic E-state index is 14.2. The van der Waals surface area contributed by atoms with Crippen LogP contribution in [0.2, 0.25) is 0 Å². The summed E-state index contributed by atoms with van der Waals surface area (Å²) in [5.74, 6) is 0.178. The molecule has 2 aromatic rings. The third-order valence-electron chi connectivity index (χ3n) is 8.76. The first-order valence-corrected chi connectivity index (χ1v) is 17.8. The molecule has 2 amide bonds. The molecule has 2 aliphatic heterocycles. The summed E-state index contributed by atoms with van der Waals surface area (Å²) in [6.07, 6.45) is 16.5. The van der Waals surface area contributed by atoms with Crippen molar-refractivity contribution in [3.63, 3.8) is 0 Å². The molecule has 1 saturated heterocycles. The molecule has 0 saturated carbocycles. The molecule has 0 spiro atoms. The zero-order chi connectivity index (χ0) is 32.9. The highest BCUT2D eigenvalue weighted by Gasteiger charge is 2.42. The summed E-state index contributed by atoms with van der Waals surface area (Å²) >= 11 is 5.83. The van der Waals surface area contributed by atoms with Crippen molar-refractivity contribution in [3.8, 4) is 5.75 Å². The van der Waals surface area contributed by atoms with Crippen molar-refractivity contribution in [1.82, 2.24) is 9.80 Å². The van der Waals surface area contributed by atoms with Crippen molar-refractivity contribution in [2.75, 3.05) is 31.1 Å². The smallest absolute Gasteiger partial charge is 0.269 e. The molecule has 4 rings (SSSR count). The van der Waals surface area contributed by atoms with E-state index in [1.165, 1.54) is 12.8 Å². The minimum absolute atomic E-state index is 0.0558. The maximum Gasteiger partial charge on any atom is 0.269 e. The second-order valence-electron chi connectivity index (χ2n) is 12.1. The van der Waals surface area contributed by atoms with E-state index >= 15 is 0 Å². The van der Waals surface area contributed by atoms with Crippen molar-refractivity contribution in [1.29, 1.82) is 0 Å². The van der Waals surface area contributed by atoms with Gasteiger partial charge < -0.3 is 9.64 Å². The Kier molecular flexibility index (Phi) is 13.6. The number of benzene rings is 2. The Balaban J connectivity index is 1.76. The first-order chi connectivity index (χ1) is 22.4. The summed E-state index contributed by atoms with van der Waals surface area (Å²) in [5, 5.41) is 0.318. The number of amides is 2. The van der Waals surface area contributed by atoms with Crippen LogP contribution in [0.4, 0.5) is 5.69 Å². The lowest BCUT2D eigenvalue weighted by Crippen LogP contribution is -2.57. The monoisotopic (exact) mass is 641 g/mol. The van der Waals surface area contributed by atoms with E-state index in [1.54, 1.807) is 9.80 Å². The second kappa shape index (κ2) is 17.8. The molecular formula is C39H51N3O3S. The van der Waals surface area contributed by atoms with Gasteiger partial charge in [-0.2, -0.15) is 0 Å². The highest BCUT2D eigenvalue weighted by molar-refractivity contribution is 7.80. The zero-order valence-electron chi connectivity index (χ0n) is 28.2. The second-order valence-corrected chi connectivity index (χ2v) is 12.4. The maximum atomic E-state index is 14.2. The summed E-state index contributed by atoms with van der Waals surface area (Å²) in [6, 6.07) is 16.3. The van der Waals surface area contributed by atoms with Crippen molar-refractivity contribution >= 4 is 46.5 Å². The van der Waals surface area contributed by atoms with Crippen molar-refractivity contribution in [3.05, 3.63) is 83.1 Å². The van der Waals surface area contributed by atoms with Gasteiger partial charge in [0.1, 0.15) is 17.1 Å². The van der Waals surface area contributed by atoms with E-state index in [9.17, 15) is 9.59 Å². The number of thiocarbonyl (C=S) groups is 1. The lowest BCUT2D eigenvalue weighted by atomic mass is 9.97. The number of hydrogen-bond donors (Lipinski definition) is 0. The van der Waals surface area contributed by atoms with Crippen LogP contribution in [0.1, 0.15) is 103 Å². The molecule has 46 heavy (non-hydrogen) atoms. The molecule has 246 valence electrons. The molecule has 0 aliphatic carbocycles. The molecule has 0 bridgehead atoms. The zero-order valence-corrected chi connectivity index (χ0v) is 29.0. The fourth-order valence-corrected chi connectivity index (χ4v) is 6.38. The van der Waals surface area contributed by atoms with Crippen LogP contribution in [0.25, 0.3) is 11.6 Å². The quantitative estimate of drug-likeness (QED) is 0.0746. The molecule has 1 fully saturated rings. The van der Waals surface area contributed by atoms with Gasteiger partial charge in [0.15, 0.2) is 5.11 Å². The van der Waals surface area contributed by atoms with Crippen molar-refractivity contribution < 1.29 is 14.3 Å². The molecule has 0 N–H and O–H groups in total. The summed E-state index contributed by atoms with van der Waals surface area (Å²) in [5.41, 5.74) is 3.94. The van der Waals surface area contributed by atoms with Gasteiger partial charge in [-0.25, -0.2) is 0 Å². The SMILES string of the molecule is CCCCCCCN1C(=O)C(=C2C=C(C=Cc3ccccc3)c3ccc(N(CC)CC)cc3O2)C(=O)N(CCCCCCC)C1=S. The molecule has 2 aromatic carbocycles. The number of anilines is 1. The molecule has 0 unspecified atom stereocenters. The Bertz CT molecular complexity index is 1400.